The molecular formula is C17H20O3. The van der Waals surface area contributed by atoms with Gasteiger partial charge in [-0.3, -0.25) is 0 Å². The largest absolute Gasteiger partial charge is 0.462 e. The quantitative estimate of drug-likeness (QED) is 0.590. The molecule has 0 bridgehead atoms. The Morgan fingerprint density at radius 2 is 1.90 bits per heavy atom. The fourth-order valence-corrected chi connectivity index (χ4v) is 2.25. The maximum Gasteiger partial charge on any atom is 0.338 e. The van der Waals surface area contributed by atoms with Gasteiger partial charge in [-0.15, -0.1) is 0 Å². The molecule has 0 aliphatic carbocycles. The number of fused-ring (bicyclic) bond motifs is 1. The lowest BCUT2D eigenvalue weighted by Crippen LogP contribution is -2.08. The van der Waals surface area contributed by atoms with Gasteiger partial charge in [-0.1, -0.05) is 43.7 Å². The van der Waals surface area contributed by atoms with E-state index < -0.39 is 0 Å². The number of benzene rings is 2. The lowest BCUT2D eigenvalue weighted by molar-refractivity contribution is 0.0502. The Hall–Kier alpha value is -1.87. The lowest BCUT2D eigenvalue weighted by atomic mass is 9.99. The van der Waals surface area contributed by atoms with Crippen molar-refractivity contribution in [2.45, 2.75) is 26.4 Å². The van der Waals surface area contributed by atoms with Gasteiger partial charge >= 0.3 is 5.97 Å². The van der Waals surface area contributed by atoms with Crippen LogP contribution in [0.4, 0.5) is 0 Å². The van der Waals surface area contributed by atoms with Crippen LogP contribution in [0, 0.1) is 0 Å². The van der Waals surface area contributed by atoms with E-state index in [1.807, 2.05) is 36.4 Å². The Kier molecular flexibility index (Phi) is 5.13. The van der Waals surface area contributed by atoms with Crippen LogP contribution in [0.15, 0.2) is 36.4 Å². The monoisotopic (exact) mass is 272 g/mol. The molecule has 0 spiro atoms. The summed E-state index contributed by atoms with van der Waals surface area (Å²) in [6.45, 7) is 3.03. The van der Waals surface area contributed by atoms with Crippen molar-refractivity contribution in [1.29, 1.82) is 0 Å². The average molecular weight is 272 g/mol. The SMILES string of the molecule is CCCCOC(=O)c1cccc2cccc(COC)c12. The summed E-state index contributed by atoms with van der Waals surface area (Å²) in [5.41, 5.74) is 1.62. The lowest BCUT2D eigenvalue weighted by Gasteiger charge is -2.11. The van der Waals surface area contributed by atoms with E-state index in [1.54, 1.807) is 7.11 Å². The molecule has 0 saturated heterocycles. The van der Waals surface area contributed by atoms with E-state index in [0.29, 0.717) is 18.8 Å². The molecule has 0 atom stereocenters. The van der Waals surface area contributed by atoms with Crippen molar-refractivity contribution in [3.8, 4) is 0 Å². The zero-order valence-electron chi connectivity index (χ0n) is 12.0. The van der Waals surface area contributed by atoms with Crippen molar-refractivity contribution < 1.29 is 14.3 Å². The van der Waals surface area contributed by atoms with Gasteiger partial charge in [0.2, 0.25) is 0 Å². The van der Waals surface area contributed by atoms with Crippen LogP contribution >= 0.6 is 0 Å². The Morgan fingerprint density at radius 1 is 1.15 bits per heavy atom. The highest BCUT2D eigenvalue weighted by Gasteiger charge is 2.13. The summed E-state index contributed by atoms with van der Waals surface area (Å²) >= 11 is 0. The van der Waals surface area contributed by atoms with Crippen LogP contribution < -0.4 is 0 Å². The van der Waals surface area contributed by atoms with Crippen LogP contribution in [-0.2, 0) is 16.1 Å². The highest BCUT2D eigenvalue weighted by atomic mass is 16.5. The molecule has 0 unspecified atom stereocenters. The fraction of sp³-hybridized carbons (Fsp3) is 0.353. The third-order valence-corrected chi connectivity index (χ3v) is 3.24. The fourth-order valence-electron chi connectivity index (χ4n) is 2.25. The highest BCUT2D eigenvalue weighted by Crippen LogP contribution is 2.24. The molecule has 0 N–H and O–H groups in total. The summed E-state index contributed by atoms with van der Waals surface area (Å²) in [5, 5.41) is 1.96. The molecule has 3 heteroatoms. The summed E-state index contributed by atoms with van der Waals surface area (Å²) in [6.07, 6.45) is 1.90. The predicted octanol–water partition coefficient (Wildman–Crippen LogP) is 3.94. The molecule has 0 fully saturated rings. The molecule has 0 aromatic heterocycles. The molecule has 2 aromatic rings. The second kappa shape index (κ2) is 7.06. The number of carbonyl (C=O) groups excluding carboxylic acids is 1. The molecule has 20 heavy (non-hydrogen) atoms. The maximum atomic E-state index is 12.2. The number of methoxy groups -OCH3 is 1. The highest BCUT2D eigenvalue weighted by molar-refractivity contribution is 6.05. The summed E-state index contributed by atoms with van der Waals surface area (Å²) in [5.74, 6) is -0.257. The van der Waals surface area contributed by atoms with E-state index in [0.717, 1.165) is 29.2 Å². The van der Waals surface area contributed by atoms with E-state index >= 15 is 0 Å². The third kappa shape index (κ3) is 3.17. The number of unbranched alkanes of at least 4 members (excludes halogenated alkanes) is 1. The normalized spacial score (nSPS) is 10.7. The number of carbonyl (C=O) groups is 1. The van der Waals surface area contributed by atoms with E-state index in [9.17, 15) is 4.79 Å². The van der Waals surface area contributed by atoms with Crippen molar-refractivity contribution in [2.24, 2.45) is 0 Å². The topological polar surface area (TPSA) is 35.5 Å². The smallest absolute Gasteiger partial charge is 0.338 e. The molecular weight excluding hydrogens is 252 g/mol. The van der Waals surface area contributed by atoms with Crippen molar-refractivity contribution in [1.82, 2.24) is 0 Å². The predicted molar refractivity (Wildman–Crippen MR) is 79.9 cm³/mol. The second-order valence-corrected chi connectivity index (χ2v) is 4.74. The van der Waals surface area contributed by atoms with Crippen molar-refractivity contribution in [3.05, 3.63) is 47.5 Å². The van der Waals surface area contributed by atoms with Gasteiger partial charge in [-0.2, -0.15) is 0 Å². The summed E-state index contributed by atoms with van der Waals surface area (Å²) in [4.78, 5) is 12.2. The molecule has 3 nitrogen and oxygen atoms in total. The van der Waals surface area contributed by atoms with Crippen LogP contribution in [0.1, 0.15) is 35.7 Å². The molecule has 0 aliphatic heterocycles. The first kappa shape index (κ1) is 14.5. The number of hydrogen-bond acceptors (Lipinski definition) is 3. The van der Waals surface area contributed by atoms with Gasteiger partial charge in [-0.05, 0) is 23.4 Å². The first-order chi connectivity index (χ1) is 9.77. The summed E-state index contributed by atoms with van der Waals surface area (Å²) in [6, 6.07) is 11.7. The first-order valence-electron chi connectivity index (χ1n) is 6.94. The van der Waals surface area contributed by atoms with Crippen LogP contribution in [0.5, 0.6) is 0 Å². The Labute approximate surface area is 119 Å². The van der Waals surface area contributed by atoms with E-state index in [-0.39, 0.29) is 5.97 Å². The molecule has 0 saturated carbocycles. The standard InChI is InChI=1S/C17H20O3/c1-3-4-11-20-17(18)15-10-6-8-13-7-5-9-14(12-19-2)16(13)15/h5-10H,3-4,11-12H2,1-2H3. The average Bonchev–Trinajstić information content (AvgIpc) is 2.47. The molecule has 0 aliphatic rings. The maximum absolute atomic E-state index is 12.2. The van der Waals surface area contributed by atoms with Crippen molar-refractivity contribution in [2.75, 3.05) is 13.7 Å². The van der Waals surface area contributed by atoms with Crippen LogP contribution in [-0.4, -0.2) is 19.7 Å². The molecule has 0 heterocycles. The van der Waals surface area contributed by atoms with Crippen molar-refractivity contribution in [3.63, 3.8) is 0 Å². The third-order valence-electron chi connectivity index (χ3n) is 3.24. The van der Waals surface area contributed by atoms with Gasteiger partial charge in [0.15, 0.2) is 0 Å². The minimum atomic E-state index is -0.257. The van der Waals surface area contributed by atoms with Gasteiger partial charge < -0.3 is 9.47 Å². The van der Waals surface area contributed by atoms with E-state index in [1.165, 1.54) is 0 Å². The summed E-state index contributed by atoms with van der Waals surface area (Å²) in [7, 11) is 1.65. The Morgan fingerprint density at radius 3 is 2.60 bits per heavy atom. The minimum Gasteiger partial charge on any atom is -0.462 e. The minimum absolute atomic E-state index is 0.257. The van der Waals surface area contributed by atoms with Gasteiger partial charge in [0.1, 0.15) is 0 Å². The van der Waals surface area contributed by atoms with Gasteiger partial charge in [0.25, 0.3) is 0 Å². The van der Waals surface area contributed by atoms with Gasteiger partial charge in [-0.25, -0.2) is 4.79 Å². The Balaban J connectivity index is 2.39. The van der Waals surface area contributed by atoms with E-state index in [2.05, 4.69) is 6.92 Å². The molecule has 106 valence electrons. The zero-order valence-corrected chi connectivity index (χ0v) is 12.0. The van der Waals surface area contributed by atoms with Crippen LogP contribution in [0.3, 0.4) is 0 Å². The number of esters is 1. The number of ether oxygens (including phenoxy) is 2. The first-order valence-corrected chi connectivity index (χ1v) is 6.94. The zero-order chi connectivity index (χ0) is 14.4. The molecule has 2 aromatic carbocycles. The van der Waals surface area contributed by atoms with Crippen molar-refractivity contribution >= 4 is 16.7 Å². The molecule has 0 amide bonds. The Bertz CT molecular complexity index is 585. The van der Waals surface area contributed by atoms with Gasteiger partial charge in [0.05, 0.1) is 18.8 Å². The molecule has 2 rings (SSSR count). The van der Waals surface area contributed by atoms with E-state index in [4.69, 9.17) is 9.47 Å². The number of rotatable bonds is 6. The van der Waals surface area contributed by atoms with Crippen LogP contribution in [0.25, 0.3) is 10.8 Å². The van der Waals surface area contributed by atoms with Crippen LogP contribution in [0.2, 0.25) is 0 Å². The van der Waals surface area contributed by atoms with Gasteiger partial charge in [0, 0.05) is 12.5 Å². The molecule has 0 radical (unpaired) electrons. The number of hydrogen-bond donors (Lipinski definition) is 0. The summed E-state index contributed by atoms with van der Waals surface area (Å²) < 4.78 is 10.5. The second-order valence-electron chi connectivity index (χ2n) is 4.74.